The normalized spacial score (nSPS) is 11.1. The summed E-state index contributed by atoms with van der Waals surface area (Å²) < 4.78 is 25.3. The molecule has 0 atom stereocenters. The minimum Gasteiger partial charge on any atom is -0.462 e. The van der Waals surface area contributed by atoms with Crippen molar-refractivity contribution in [2.45, 2.75) is 71.3 Å². The van der Waals surface area contributed by atoms with Crippen LogP contribution in [0.5, 0.6) is 0 Å². The number of hydrogen-bond acceptors (Lipinski definition) is 5. The molecule has 0 fully saturated rings. The summed E-state index contributed by atoms with van der Waals surface area (Å²) in [5.41, 5.74) is 0.970. The van der Waals surface area contributed by atoms with Gasteiger partial charge in [0.2, 0.25) is 0 Å². The van der Waals surface area contributed by atoms with Gasteiger partial charge < -0.3 is 13.7 Å². The van der Waals surface area contributed by atoms with Crippen molar-refractivity contribution in [2.24, 2.45) is 0 Å². The number of carbonyl (C=O) groups excluding carboxylic acids is 1. The predicted molar refractivity (Wildman–Crippen MR) is 139 cm³/mol. The van der Waals surface area contributed by atoms with Crippen LogP contribution in [-0.4, -0.2) is 17.1 Å². The maximum absolute atomic E-state index is 13.2. The van der Waals surface area contributed by atoms with Gasteiger partial charge in [-0.05, 0) is 43.5 Å². The average molecular weight is 496 g/mol. The molecule has 2 heterocycles. The molecule has 0 saturated heterocycles. The smallest absolute Gasteiger partial charge is 0.344 e. The fourth-order valence-electron chi connectivity index (χ4n) is 4.05. The monoisotopic (exact) mass is 495 g/mol. The highest BCUT2D eigenvalue weighted by Gasteiger charge is 2.10. The Morgan fingerprint density at radius 1 is 0.944 bits per heavy atom. The zero-order valence-electron chi connectivity index (χ0n) is 20.9. The molecule has 0 bridgehead atoms. The van der Waals surface area contributed by atoms with Crippen LogP contribution in [0.1, 0.15) is 64.7 Å². The summed E-state index contributed by atoms with van der Waals surface area (Å²) in [7, 11) is 0. The topological polar surface area (TPSA) is 78.5 Å². The summed E-state index contributed by atoms with van der Waals surface area (Å²) in [6, 6.07) is 8.69. The molecule has 0 unspecified atom stereocenters. The molecule has 2 aromatic heterocycles. The number of aromatic nitrogens is 1. The second-order valence-corrected chi connectivity index (χ2v) is 9.18. The van der Waals surface area contributed by atoms with Gasteiger partial charge >= 0.3 is 11.6 Å². The lowest BCUT2D eigenvalue weighted by atomic mass is 10.1. The highest BCUT2D eigenvalue weighted by molar-refractivity contribution is 5.86. The second-order valence-electron chi connectivity index (χ2n) is 9.18. The van der Waals surface area contributed by atoms with Gasteiger partial charge in [0.25, 0.3) is 5.56 Å². The van der Waals surface area contributed by atoms with E-state index in [0.717, 1.165) is 51.4 Å². The summed E-state index contributed by atoms with van der Waals surface area (Å²) in [6.45, 7) is 6.24. The van der Waals surface area contributed by atoms with E-state index in [-0.39, 0.29) is 17.3 Å². The number of rotatable bonds is 14. The predicted octanol–water partition coefficient (Wildman–Crippen LogP) is 6.39. The summed E-state index contributed by atoms with van der Waals surface area (Å²) in [4.78, 5) is 36.3. The lowest BCUT2D eigenvalue weighted by molar-refractivity contribution is -0.139. The Morgan fingerprint density at radius 2 is 1.56 bits per heavy atom. The van der Waals surface area contributed by atoms with Gasteiger partial charge in [0.05, 0.1) is 18.4 Å². The van der Waals surface area contributed by atoms with Crippen LogP contribution >= 0.6 is 0 Å². The number of halogens is 1. The van der Waals surface area contributed by atoms with Crippen molar-refractivity contribution in [2.75, 3.05) is 6.61 Å². The van der Waals surface area contributed by atoms with Crippen LogP contribution in [0, 0.1) is 5.82 Å². The van der Waals surface area contributed by atoms with E-state index in [0.29, 0.717) is 40.8 Å². The molecule has 36 heavy (non-hydrogen) atoms. The molecule has 0 spiro atoms. The molecule has 0 radical (unpaired) electrons. The van der Waals surface area contributed by atoms with Crippen LogP contribution in [0.25, 0.3) is 22.1 Å². The van der Waals surface area contributed by atoms with Crippen molar-refractivity contribution >= 4 is 16.9 Å². The first-order valence-corrected chi connectivity index (χ1v) is 12.6. The molecular formula is C29H34FNO5. The molecule has 7 heteroatoms. The zero-order chi connectivity index (χ0) is 25.9. The third kappa shape index (κ3) is 8.04. The van der Waals surface area contributed by atoms with E-state index in [1.54, 1.807) is 23.8 Å². The van der Waals surface area contributed by atoms with E-state index in [1.165, 1.54) is 36.8 Å². The Hall–Kier alpha value is -3.48. The molecule has 0 N–H and O–H groups in total. The Bertz CT molecular complexity index is 1290. The first-order chi connectivity index (χ1) is 17.3. The van der Waals surface area contributed by atoms with Gasteiger partial charge in [0, 0.05) is 23.6 Å². The number of benzene rings is 1. The maximum atomic E-state index is 13.2. The summed E-state index contributed by atoms with van der Waals surface area (Å²) >= 11 is 0. The number of hydrogen-bond donors (Lipinski definition) is 0. The van der Waals surface area contributed by atoms with Gasteiger partial charge in [-0.2, -0.15) is 0 Å². The van der Waals surface area contributed by atoms with Crippen molar-refractivity contribution in [1.29, 1.82) is 0 Å². The molecule has 3 aromatic rings. The molecule has 0 saturated carbocycles. The number of nitrogens with zero attached hydrogens (tertiary/aromatic N) is 1. The summed E-state index contributed by atoms with van der Waals surface area (Å²) in [6.07, 6.45) is 11.1. The van der Waals surface area contributed by atoms with Crippen LogP contribution in [-0.2, 0) is 16.1 Å². The number of esters is 1. The van der Waals surface area contributed by atoms with Gasteiger partial charge in [-0.15, -0.1) is 0 Å². The highest BCUT2D eigenvalue weighted by atomic mass is 19.1. The summed E-state index contributed by atoms with van der Waals surface area (Å²) in [5.74, 6) is -0.705. The molecule has 0 amide bonds. The average Bonchev–Trinajstić information content (AvgIpc) is 2.85. The van der Waals surface area contributed by atoms with E-state index < -0.39 is 5.63 Å². The van der Waals surface area contributed by atoms with Crippen molar-refractivity contribution in [1.82, 2.24) is 4.57 Å². The number of pyridine rings is 1. The maximum Gasteiger partial charge on any atom is 0.344 e. The fourth-order valence-corrected chi connectivity index (χ4v) is 4.05. The zero-order valence-corrected chi connectivity index (χ0v) is 20.9. The van der Waals surface area contributed by atoms with Gasteiger partial charge in [0.1, 0.15) is 5.82 Å². The van der Waals surface area contributed by atoms with E-state index in [2.05, 4.69) is 6.58 Å². The number of unbranched alkanes of at least 4 members (excludes halogenated alkanes) is 8. The Labute approximate surface area is 210 Å². The van der Waals surface area contributed by atoms with Crippen LogP contribution < -0.4 is 11.2 Å². The third-order valence-electron chi connectivity index (χ3n) is 6.12. The molecule has 0 aliphatic heterocycles. The van der Waals surface area contributed by atoms with E-state index in [9.17, 15) is 18.8 Å². The van der Waals surface area contributed by atoms with E-state index in [4.69, 9.17) is 9.15 Å². The first-order valence-electron chi connectivity index (χ1n) is 12.6. The lowest BCUT2D eigenvalue weighted by Crippen LogP contribution is -2.19. The van der Waals surface area contributed by atoms with Crippen LogP contribution in [0.2, 0.25) is 0 Å². The first kappa shape index (κ1) is 27.1. The molecule has 192 valence electrons. The molecule has 0 aliphatic rings. The minimum absolute atomic E-state index is 0.143. The highest BCUT2D eigenvalue weighted by Crippen LogP contribution is 2.20. The summed E-state index contributed by atoms with van der Waals surface area (Å²) in [5, 5.41) is 0.546. The largest absolute Gasteiger partial charge is 0.462 e. The van der Waals surface area contributed by atoms with Crippen molar-refractivity contribution < 1.29 is 18.3 Å². The van der Waals surface area contributed by atoms with Crippen LogP contribution in [0.4, 0.5) is 4.39 Å². The number of carbonyl (C=O) groups is 1. The van der Waals surface area contributed by atoms with Crippen molar-refractivity contribution in [3.63, 3.8) is 0 Å². The standard InChI is InChI=1S/C29H34FNO5/c1-21(2)28(33)35-17-11-9-7-5-3-4-6-8-10-16-31-20-26-23(19-27(31)32)18-25(29(34)36-26)22-12-14-24(30)15-13-22/h12-15,18-20H,1,3-11,16-17H2,2H3. The SMILES string of the molecule is C=C(C)C(=O)OCCCCCCCCCCCn1cc2oc(=O)c(-c3ccc(F)cc3)cc2cc1=O. The van der Waals surface area contributed by atoms with E-state index >= 15 is 0 Å². The fraction of sp³-hybridized carbons (Fsp3) is 0.414. The van der Waals surface area contributed by atoms with Gasteiger partial charge in [-0.3, -0.25) is 4.79 Å². The molecular weight excluding hydrogens is 461 g/mol. The Balaban J connectivity index is 1.38. The van der Waals surface area contributed by atoms with Gasteiger partial charge in [-0.1, -0.05) is 63.7 Å². The minimum atomic E-state index is -0.521. The Morgan fingerprint density at radius 3 is 2.19 bits per heavy atom. The van der Waals surface area contributed by atoms with Crippen LogP contribution in [0.15, 0.2) is 68.8 Å². The quantitative estimate of drug-likeness (QED) is 0.147. The second kappa shape index (κ2) is 13.6. The number of ether oxygens (including phenoxy) is 1. The van der Waals surface area contributed by atoms with Gasteiger partial charge in [-0.25, -0.2) is 14.0 Å². The van der Waals surface area contributed by atoms with E-state index in [1.807, 2.05) is 0 Å². The molecule has 0 aliphatic carbocycles. The molecule has 3 rings (SSSR count). The lowest BCUT2D eigenvalue weighted by Gasteiger charge is -2.08. The van der Waals surface area contributed by atoms with Gasteiger partial charge in [0.15, 0.2) is 5.58 Å². The Kier molecular flexibility index (Phi) is 10.2. The number of aryl methyl sites for hydroxylation is 1. The number of fused-ring (bicyclic) bond motifs is 1. The third-order valence-corrected chi connectivity index (χ3v) is 6.12. The molecule has 6 nitrogen and oxygen atoms in total. The van der Waals surface area contributed by atoms with Crippen LogP contribution in [0.3, 0.4) is 0 Å². The van der Waals surface area contributed by atoms with Crippen molar-refractivity contribution in [3.05, 3.63) is 81.3 Å². The molecule has 1 aromatic carbocycles. The van der Waals surface area contributed by atoms with Crippen molar-refractivity contribution in [3.8, 4) is 11.1 Å².